The number of carbonyl (C=O) groups is 2. The van der Waals surface area contributed by atoms with Gasteiger partial charge in [0.2, 0.25) is 10.0 Å². The monoisotopic (exact) mass is 452 g/mol. The van der Waals surface area contributed by atoms with Gasteiger partial charge in [-0.2, -0.15) is 4.31 Å². The van der Waals surface area contributed by atoms with E-state index in [0.29, 0.717) is 39.3 Å². The highest BCUT2D eigenvalue weighted by molar-refractivity contribution is 7.89. The molecule has 9 nitrogen and oxygen atoms in total. The summed E-state index contributed by atoms with van der Waals surface area (Å²) in [5.41, 5.74) is 0. The summed E-state index contributed by atoms with van der Waals surface area (Å²) in [4.78, 5) is 26.5. The Labute approximate surface area is 184 Å². The van der Waals surface area contributed by atoms with Crippen molar-refractivity contribution in [2.75, 3.05) is 52.5 Å². The molecule has 3 rings (SSSR count). The zero-order valence-corrected chi connectivity index (χ0v) is 18.6. The third-order valence-electron chi connectivity index (χ3n) is 5.71. The first-order chi connectivity index (χ1) is 15.0. The Morgan fingerprint density at radius 1 is 0.968 bits per heavy atom. The molecule has 0 aromatic heterocycles. The molecule has 172 valence electrons. The van der Waals surface area contributed by atoms with Crippen LogP contribution in [0, 0.1) is 0 Å². The van der Waals surface area contributed by atoms with E-state index in [1.165, 1.54) is 0 Å². The van der Waals surface area contributed by atoms with Crippen LogP contribution in [-0.2, 0) is 24.3 Å². The van der Waals surface area contributed by atoms with Crippen molar-refractivity contribution in [2.24, 2.45) is 0 Å². The van der Waals surface area contributed by atoms with Crippen LogP contribution in [0.4, 0.5) is 0 Å². The minimum Gasteiger partial charge on any atom is -0.379 e. The number of ether oxygens (including phenoxy) is 1. The molecule has 1 aromatic rings. The fourth-order valence-electron chi connectivity index (χ4n) is 3.97. The summed E-state index contributed by atoms with van der Waals surface area (Å²) in [6, 6.07) is 8.22. The molecule has 1 aromatic carbocycles. The fraction of sp³-hybridized carbons (Fsp3) is 0.619. The maximum absolute atomic E-state index is 13.0. The summed E-state index contributed by atoms with van der Waals surface area (Å²) in [5.74, 6) is -1.35. The first-order valence-corrected chi connectivity index (χ1v) is 12.4. The van der Waals surface area contributed by atoms with E-state index in [1.54, 1.807) is 34.6 Å². The van der Waals surface area contributed by atoms with Gasteiger partial charge in [-0.25, -0.2) is 8.42 Å². The van der Waals surface area contributed by atoms with Crippen LogP contribution in [0.1, 0.15) is 25.7 Å². The van der Waals surface area contributed by atoms with Gasteiger partial charge in [-0.05, 0) is 31.4 Å². The number of piperidine rings is 1. The molecule has 2 N–H and O–H groups in total. The van der Waals surface area contributed by atoms with Gasteiger partial charge in [-0.3, -0.25) is 14.5 Å². The van der Waals surface area contributed by atoms with Crippen LogP contribution in [0.5, 0.6) is 0 Å². The predicted octanol–water partition coefficient (Wildman–Crippen LogP) is 0.185. The van der Waals surface area contributed by atoms with Gasteiger partial charge in [0.25, 0.3) is 0 Å². The minimum absolute atomic E-state index is 0.191. The highest BCUT2D eigenvalue weighted by Crippen LogP contribution is 2.26. The average molecular weight is 453 g/mol. The topological polar surface area (TPSA) is 108 Å². The summed E-state index contributed by atoms with van der Waals surface area (Å²) in [5, 5.41) is 5.26. The molecule has 1 atom stereocenters. The van der Waals surface area contributed by atoms with Gasteiger partial charge in [0.05, 0.1) is 18.1 Å². The van der Waals surface area contributed by atoms with Gasteiger partial charge in [0.1, 0.15) is 0 Å². The van der Waals surface area contributed by atoms with Gasteiger partial charge in [0.15, 0.2) is 0 Å². The van der Waals surface area contributed by atoms with Crippen molar-refractivity contribution in [1.82, 2.24) is 19.8 Å². The molecule has 2 aliphatic heterocycles. The molecule has 2 amide bonds. The molecule has 0 bridgehead atoms. The summed E-state index contributed by atoms with van der Waals surface area (Å²) < 4.78 is 32.8. The Hall–Kier alpha value is -2.01. The fourth-order valence-corrected chi connectivity index (χ4v) is 5.72. The predicted molar refractivity (Wildman–Crippen MR) is 116 cm³/mol. The van der Waals surface area contributed by atoms with Crippen LogP contribution in [0.2, 0.25) is 0 Å². The van der Waals surface area contributed by atoms with Gasteiger partial charge >= 0.3 is 11.8 Å². The van der Waals surface area contributed by atoms with Crippen molar-refractivity contribution < 1.29 is 22.7 Å². The molecule has 2 heterocycles. The first-order valence-electron chi connectivity index (χ1n) is 10.9. The van der Waals surface area contributed by atoms with E-state index in [9.17, 15) is 18.0 Å². The van der Waals surface area contributed by atoms with E-state index in [2.05, 4.69) is 15.5 Å². The largest absolute Gasteiger partial charge is 0.379 e. The number of amides is 2. The maximum Gasteiger partial charge on any atom is 0.309 e. The molecular weight excluding hydrogens is 420 g/mol. The lowest BCUT2D eigenvalue weighted by atomic mass is 10.0. The van der Waals surface area contributed by atoms with E-state index in [-0.39, 0.29) is 17.5 Å². The number of rotatable bonds is 8. The normalized spacial score (nSPS) is 20.8. The molecule has 0 aliphatic carbocycles. The number of benzene rings is 1. The number of sulfonamides is 1. The molecule has 2 saturated heterocycles. The van der Waals surface area contributed by atoms with Crippen LogP contribution in [-0.4, -0.2) is 88.0 Å². The maximum atomic E-state index is 13.0. The summed E-state index contributed by atoms with van der Waals surface area (Å²) in [6.07, 6.45) is 2.98. The molecule has 0 saturated carbocycles. The van der Waals surface area contributed by atoms with Crippen LogP contribution >= 0.6 is 0 Å². The summed E-state index contributed by atoms with van der Waals surface area (Å²) in [6.45, 7) is 4.82. The van der Waals surface area contributed by atoms with Crippen molar-refractivity contribution in [3.63, 3.8) is 0 Å². The lowest BCUT2D eigenvalue weighted by Gasteiger charge is -2.34. The van der Waals surface area contributed by atoms with E-state index in [0.717, 1.165) is 32.4 Å². The van der Waals surface area contributed by atoms with Crippen LogP contribution in [0.3, 0.4) is 0 Å². The Kier molecular flexibility index (Phi) is 8.82. The third-order valence-corrected chi connectivity index (χ3v) is 7.68. The average Bonchev–Trinajstić information content (AvgIpc) is 2.80. The zero-order valence-electron chi connectivity index (χ0n) is 17.8. The highest BCUT2D eigenvalue weighted by atomic mass is 32.2. The number of hydrogen-bond acceptors (Lipinski definition) is 6. The van der Waals surface area contributed by atoms with E-state index in [1.807, 2.05) is 0 Å². The molecule has 0 radical (unpaired) electrons. The standard InChI is InChI=1S/C21H32N4O5S/c26-20(21(27)23-11-13-24-14-16-30-17-15-24)22-10-9-18-6-4-5-12-25(18)31(28,29)19-7-2-1-3-8-19/h1-3,7-8,18H,4-6,9-17H2,(H,22,26)(H,23,27)/t18-/m1/s1. The van der Waals surface area contributed by atoms with Crippen molar-refractivity contribution in [2.45, 2.75) is 36.6 Å². The van der Waals surface area contributed by atoms with E-state index < -0.39 is 21.8 Å². The quantitative estimate of drug-likeness (QED) is 0.545. The molecular formula is C21H32N4O5S. The lowest BCUT2D eigenvalue weighted by molar-refractivity contribution is -0.139. The number of nitrogens with one attached hydrogen (secondary N) is 2. The van der Waals surface area contributed by atoms with Crippen molar-refractivity contribution in [1.29, 1.82) is 0 Å². The van der Waals surface area contributed by atoms with Gasteiger partial charge in [-0.15, -0.1) is 0 Å². The number of carbonyl (C=O) groups excluding carboxylic acids is 2. The van der Waals surface area contributed by atoms with Gasteiger partial charge in [0, 0.05) is 45.3 Å². The third kappa shape index (κ3) is 6.73. The Morgan fingerprint density at radius 2 is 1.65 bits per heavy atom. The second-order valence-electron chi connectivity index (χ2n) is 7.83. The van der Waals surface area contributed by atoms with E-state index >= 15 is 0 Å². The second kappa shape index (κ2) is 11.6. The molecule has 0 spiro atoms. The zero-order chi connectivity index (χ0) is 22.1. The first kappa shape index (κ1) is 23.6. The van der Waals surface area contributed by atoms with Crippen LogP contribution in [0.15, 0.2) is 35.2 Å². The number of nitrogens with zero attached hydrogens (tertiary/aromatic N) is 2. The van der Waals surface area contributed by atoms with Crippen LogP contribution < -0.4 is 10.6 Å². The Morgan fingerprint density at radius 3 is 2.35 bits per heavy atom. The van der Waals surface area contributed by atoms with Crippen molar-refractivity contribution in [3.05, 3.63) is 30.3 Å². The van der Waals surface area contributed by atoms with Crippen LogP contribution in [0.25, 0.3) is 0 Å². The molecule has 2 aliphatic rings. The minimum atomic E-state index is -3.57. The number of hydrogen-bond donors (Lipinski definition) is 2. The Balaban J connectivity index is 1.43. The van der Waals surface area contributed by atoms with Gasteiger partial charge in [-0.1, -0.05) is 24.6 Å². The molecule has 0 unspecified atom stereocenters. The second-order valence-corrected chi connectivity index (χ2v) is 9.72. The number of morpholine rings is 1. The molecule has 2 fully saturated rings. The Bertz CT molecular complexity index is 827. The lowest BCUT2D eigenvalue weighted by Crippen LogP contribution is -2.47. The smallest absolute Gasteiger partial charge is 0.309 e. The highest BCUT2D eigenvalue weighted by Gasteiger charge is 2.33. The van der Waals surface area contributed by atoms with Crippen molar-refractivity contribution in [3.8, 4) is 0 Å². The van der Waals surface area contributed by atoms with E-state index in [4.69, 9.17) is 4.74 Å². The summed E-state index contributed by atoms with van der Waals surface area (Å²) >= 11 is 0. The molecule has 31 heavy (non-hydrogen) atoms. The van der Waals surface area contributed by atoms with Gasteiger partial charge < -0.3 is 15.4 Å². The SMILES string of the molecule is O=C(NCC[C@H]1CCCCN1S(=O)(=O)c1ccccc1)C(=O)NCCN1CCOCC1. The van der Waals surface area contributed by atoms with Crippen molar-refractivity contribution >= 4 is 21.8 Å². The molecule has 10 heteroatoms. The summed E-state index contributed by atoms with van der Waals surface area (Å²) in [7, 11) is -3.57.